The number of rotatable bonds is 5. The van der Waals surface area contributed by atoms with Gasteiger partial charge in [-0.1, -0.05) is 0 Å². The summed E-state index contributed by atoms with van der Waals surface area (Å²) in [7, 11) is 0. The van der Waals surface area contributed by atoms with Gasteiger partial charge in [0.2, 0.25) is 0 Å². The van der Waals surface area contributed by atoms with Gasteiger partial charge in [0, 0.05) is 25.8 Å². The van der Waals surface area contributed by atoms with Crippen molar-refractivity contribution in [3.8, 4) is 0 Å². The van der Waals surface area contributed by atoms with Gasteiger partial charge in [0.05, 0.1) is 24.6 Å². The zero-order valence-electron chi connectivity index (χ0n) is 13.6. The van der Waals surface area contributed by atoms with Gasteiger partial charge < -0.3 is 19.5 Å². The highest BCUT2D eigenvalue weighted by Crippen LogP contribution is 2.25. The number of piperidine rings is 1. The number of anilines is 1. The molecule has 6 heteroatoms. The third kappa shape index (κ3) is 3.33. The van der Waals surface area contributed by atoms with Crippen LogP contribution < -0.4 is 4.90 Å². The molecule has 0 atom stereocenters. The Hall–Kier alpha value is -1.66. The number of hydrogen-bond acceptors (Lipinski definition) is 5. The summed E-state index contributed by atoms with van der Waals surface area (Å²) in [6.07, 6.45) is 8.84. The number of hydrogen-bond donors (Lipinski definition) is 1. The average Bonchev–Trinajstić information content (AvgIpc) is 3.26. The summed E-state index contributed by atoms with van der Waals surface area (Å²) in [5.41, 5.74) is 2.03. The minimum absolute atomic E-state index is 0.396. The number of nitrogens with one attached hydrogen (secondary N) is 1. The monoisotopic (exact) mass is 315 g/mol. The Labute approximate surface area is 136 Å². The molecule has 0 aromatic carbocycles. The lowest BCUT2D eigenvalue weighted by Crippen LogP contribution is -2.38. The van der Waals surface area contributed by atoms with Crippen LogP contribution in [0.5, 0.6) is 0 Å². The van der Waals surface area contributed by atoms with Crippen molar-refractivity contribution in [3.63, 3.8) is 0 Å². The zero-order chi connectivity index (χ0) is 15.5. The number of aromatic amines is 1. The molecule has 0 bridgehead atoms. The molecule has 124 valence electrons. The van der Waals surface area contributed by atoms with Gasteiger partial charge in [-0.25, -0.2) is 9.97 Å². The maximum Gasteiger partial charge on any atom is 0.156 e. The standard InChI is InChI=1S/C17H25N5O/c1-2-8-21(7-1)11-12-23-14-4-9-22(10-5-14)17-16-15(3-6-18-17)19-13-20-16/h3,6,13-14H,1-2,4-5,7-12H2,(H,19,20). The molecule has 2 aliphatic heterocycles. The van der Waals surface area contributed by atoms with Gasteiger partial charge in [0.25, 0.3) is 0 Å². The quantitative estimate of drug-likeness (QED) is 0.915. The summed E-state index contributed by atoms with van der Waals surface area (Å²) in [4.78, 5) is 17.0. The van der Waals surface area contributed by atoms with Crippen LogP contribution in [-0.4, -0.2) is 65.3 Å². The minimum Gasteiger partial charge on any atom is -0.377 e. The van der Waals surface area contributed by atoms with Crippen LogP contribution in [0, 0.1) is 0 Å². The maximum atomic E-state index is 6.09. The van der Waals surface area contributed by atoms with E-state index in [0.29, 0.717) is 6.10 Å². The van der Waals surface area contributed by atoms with E-state index in [1.807, 2.05) is 12.3 Å². The molecule has 4 rings (SSSR count). The van der Waals surface area contributed by atoms with Crippen LogP contribution in [0.1, 0.15) is 25.7 Å². The lowest BCUT2D eigenvalue weighted by molar-refractivity contribution is 0.0265. The van der Waals surface area contributed by atoms with Crippen LogP contribution in [-0.2, 0) is 4.74 Å². The van der Waals surface area contributed by atoms with Crippen molar-refractivity contribution in [2.24, 2.45) is 0 Å². The van der Waals surface area contributed by atoms with Crippen molar-refractivity contribution in [2.75, 3.05) is 44.2 Å². The van der Waals surface area contributed by atoms with Crippen LogP contribution in [0.4, 0.5) is 5.82 Å². The minimum atomic E-state index is 0.396. The van der Waals surface area contributed by atoms with E-state index < -0.39 is 0 Å². The molecule has 23 heavy (non-hydrogen) atoms. The summed E-state index contributed by atoms with van der Waals surface area (Å²) in [5, 5.41) is 0. The number of H-pyrrole nitrogens is 1. The van der Waals surface area contributed by atoms with Gasteiger partial charge in [-0.2, -0.15) is 0 Å². The van der Waals surface area contributed by atoms with Gasteiger partial charge in [-0.05, 0) is 44.8 Å². The third-order valence-corrected chi connectivity index (χ3v) is 5.02. The van der Waals surface area contributed by atoms with E-state index in [1.165, 1.54) is 25.9 Å². The molecule has 0 spiro atoms. The Balaban J connectivity index is 1.28. The van der Waals surface area contributed by atoms with Crippen molar-refractivity contribution in [1.82, 2.24) is 19.9 Å². The second-order valence-electron chi connectivity index (χ2n) is 6.54. The fraction of sp³-hybridized carbons (Fsp3) is 0.647. The van der Waals surface area contributed by atoms with Gasteiger partial charge >= 0.3 is 0 Å². The van der Waals surface area contributed by atoms with Crippen LogP contribution in [0.15, 0.2) is 18.6 Å². The van der Waals surface area contributed by atoms with Crippen molar-refractivity contribution < 1.29 is 4.74 Å². The summed E-state index contributed by atoms with van der Waals surface area (Å²) in [6, 6.07) is 1.97. The highest BCUT2D eigenvalue weighted by molar-refractivity contribution is 5.85. The molecule has 2 saturated heterocycles. The van der Waals surface area contributed by atoms with Crippen LogP contribution in [0.25, 0.3) is 11.0 Å². The van der Waals surface area contributed by atoms with Crippen LogP contribution >= 0.6 is 0 Å². The normalized spacial score (nSPS) is 20.6. The number of likely N-dealkylation sites (tertiary alicyclic amines) is 1. The SMILES string of the molecule is c1cc2[nH]cnc2c(N2CCC(OCCN3CCCC3)CC2)n1. The Morgan fingerprint density at radius 2 is 1.96 bits per heavy atom. The van der Waals surface area contributed by atoms with E-state index in [2.05, 4.69) is 24.8 Å². The van der Waals surface area contributed by atoms with E-state index in [1.54, 1.807) is 6.33 Å². The lowest BCUT2D eigenvalue weighted by Gasteiger charge is -2.33. The topological polar surface area (TPSA) is 57.3 Å². The summed E-state index contributed by atoms with van der Waals surface area (Å²) >= 11 is 0. The fourth-order valence-electron chi connectivity index (χ4n) is 3.67. The number of aromatic nitrogens is 3. The molecule has 2 aromatic heterocycles. The summed E-state index contributed by atoms with van der Waals surface area (Å²) < 4.78 is 6.09. The van der Waals surface area contributed by atoms with Gasteiger partial charge in [0.1, 0.15) is 5.52 Å². The van der Waals surface area contributed by atoms with Crippen molar-refractivity contribution in [1.29, 1.82) is 0 Å². The van der Waals surface area contributed by atoms with E-state index in [0.717, 1.165) is 55.9 Å². The van der Waals surface area contributed by atoms with Crippen LogP contribution in [0.2, 0.25) is 0 Å². The maximum absolute atomic E-state index is 6.09. The van der Waals surface area contributed by atoms with E-state index in [9.17, 15) is 0 Å². The molecule has 0 unspecified atom stereocenters. The Kier molecular flexibility index (Phi) is 4.43. The van der Waals surface area contributed by atoms with Crippen LogP contribution in [0.3, 0.4) is 0 Å². The first-order valence-corrected chi connectivity index (χ1v) is 8.77. The average molecular weight is 315 g/mol. The molecule has 0 saturated carbocycles. The smallest absolute Gasteiger partial charge is 0.156 e. The Bertz CT molecular complexity index is 629. The third-order valence-electron chi connectivity index (χ3n) is 5.02. The molecule has 2 fully saturated rings. The molecule has 0 amide bonds. The number of pyridine rings is 1. The first kappa shape index (κ1) is 14.9. The number of ether oxygens (including phenoxy) is 1. The second-order valence-corrected chi connectivity index (χ2v) is 6.54. The van der Waals surface area contributed by atoms with Gasteiger partial charge in [0.15, 0.2) is 5.82 Å². The molecule has 4 heterocycles. The second kappa shape index (κ2) is 6.84. The molecule has 6 nitrogen and oxygen atoms in total. The molecule has 2 aromatic rings. The first-order chi connectivity index (χ1) is 11.4. The van der Waals surface area contributed by atoms with Gasteiger partial charge in [-0.3, -0.25) is 0 Å². The highest BCUT2D eigenvalue weighted by atomic mass is 16.5. The zero-order valence-corrected chi connectivity index (χ0v) is 13.6. The van der Waals surface area contributed by atoms with Crippen molar-refractivity contribution >= 4 is 16.9 Å². The summed E-state index contributed by atoms with van der Waals surface area (Å²) in [5.74, 6) is 0.999. The predicted octanol–water partition coefficient (Wildman–Crippen LogP) is 2.04. The predicted molar refractivity (Wildman–Crippen MR) is 90.7 cm³/mol. The first-order valence-electron chi connectivity index (χ1n) is 8.77. The highest BCUT2D eigenvalue weighted by Gasteiger charge is 2.22. The number of imidazole rings is 1. The number of fused-ring (bicyclic) bond motifs is 1. The Morgan fingerprint density at radius 3 is 2.78 bits per heavy atom. The summed E-state index contributed by atoms with van der Waals surface area (Å²) in [6.45, 7) is 6.45. The Morgan fingerprint density at radius 1 is 1.13 bits per heavy atom. The largest absolute Gasteiger partial charge is 0.377 e. The molecule has 0 aliphatic carbocycles. The molecular weight excluding hydrogens is 290 g/mol. The van der Waals surface area contributed by atoms with Gasteiger partial charge in [-0.15, -0.1) is 0 Å². The van der Waals surface area contributed by atoms with E-state index in [-0.39, 0.29) is 0 Å². The molecule has 0 radical (unpaired) electrons. The molecular formula is C17H25N5O. The van der Waals surface area contributed by atoms with E-state index >= 15 is 0 Å². The fourth-order valence-corrected chi connectivity index (χ4v) is 3.67. The van der Waals surface area contributed by atoms with Crippen molar-refractivity contribution in [2.45, 2.75) is 31.8 Å². The molecule has 2 aliphatic rings. The number of nitrogens with zero attached hydrogens (tertiary/aromatic N) is 4. The van der Waals surface area contributed by atoms with Crippen molar-refractivity contribution in [3.05, 3.63) is 18.6 Å². The lowest BCUT2D eigenvalue weighted by atomic mass is 10.1. The molecule has 1 N–H and O–H groups in total. The van der Waals surface area contributed by atoms with E-state index in [4.69, 9.17) is 4.74 Å².